The van der Waals surface area contributed by atoms with Gasteiger partial charge in [-0.3, -0.25) is 4.98 Å². The molecule has 3 aromatic rings. The van der Waals surface area contributed by atoms with Crippen LogP contribution in [-0.2, 0) is 0 Å². The third kappa shape index (κ3) is 5.69. The first-order valence-corrected chi connectivity index (χ1v) is 9.31. The van der Waals surface area contributed by atoms with Crippen molar-refractivity contribution in [3.05, 3.63) is 83.7 Å². The molecular formula is C24H23NO4. The highest BCUT2D eigenvalue weighted by molar-refractivity contribution is 5.91. The third-order valence-corrected chi connectivity index (χ3v) is 3.99. The van der Waals surface area contributed by atoms with E-state index in [1.54, 1.807) is 36.5 Å². The summed E-state index contributed by atoms with van der Waals surface area (Å²) in [5.74, 6) is 1.07. The van der Waals surface area contributed by atoms with Crippen LogP contribution in [0, 0.1) is 0 Å². The smallest absolute Gasteiger partial charge is 0.343 e. The van der Waals surface area contributed by atoms with E-state index in [9.17, 15) is 4.79 Å². The highest BCUT2D eigenvalue weighted by atomic mass is 16.6. The normalized spacial score (nSPS) is 10.9. The van der Waals surface area contributed by atoms with Gasteiger partial charge in [-0.05, 0) is 74.0 Å². The van der Waals surface area contributed by atoms with Crippen LogP contribution in [0.4, 0.5) is 0 Å². The molecule has 3 rings (SSSR count). The lowest BCUT2D eigenvalue weighted by atomic mass is 10.1. The van der Waals surface area contributed by atoms with Gasteiger partial charge in [-0.25, -0.2) is 4.79 Å². The van der Waals surface area contributed by atoms with E-state index in [0.717, 1.165) is 11.3 Å². The molecule has 0 bridgehead atoms. The van der Waals surface area contributed by atoms with Crippen molar-refractivity contribution in [2.24, 2.45) is 0 Å². The Morgan fingerprint density at radius 3 is 2.41 bits per heavy atom. The number of carbonyl (C=O) groups is 1. The standard InChI is InChI=1S/C24H23NO4/c1-17(2)28-21-12-9-19(10-13-21)24(26)29-22-14-8-18(16-23(22)27-3)7-11-20-6-4-5-15-25-20/h4-17H,1-3H3/b11-7+. The van der Waals surface area contributed by atoms with Gasteiger partial charge < -0.3 is 14.2 Å². The minimum absolute atomic E-state index is 0.0716. The highest BCUT2D eigenvalue weighted by Crippen LogP contribution is 2.29. The predicted molar refractivity (Wildman–Crippen MR) is 113 cm³/mol. The van der Waals surface area contributed by atoms with Gasteiger partial charge in [0, 0.05) is 6.20 Å². The third-order valence-electron chi connectivity index (χ3n) is 3.99. The van der Waals surface area contributed by atoms with Crippen LogP contribution in [0.15, 0.2) is 66.9 Å². The van der Waals surface area contributed by atoms with Crippen molar-refractivity contribution in [3.63, 3.8) is 0 Å². The van der Waals surface area contributed by atoms with Gasteiger partial charge in [-0.1, -0.05) is 18.2 Å². The van der Waals surface area contributed by atoms with Gasteiger partial charge in [-0.15, -0.1) is 0 Å². The highest BCUT2D eigenvalue weighted by Gasteiger charge is 2.13. The second-order valence-electron chi connectivity index (χ2n) is 6.58. The van der Waals surface area contributed by atoms with Crippen molar-refractivity contribution in [1.29, 1.82) is 0 Å². The Labute approximate surface area is 170 Å². The minimum Gasteiger partial charge on any atom is -0.493 e. The molecule has 0 unspecified atom stereocenters. The maximum absolute atomic E-state index is 12.5. The van der Waals surface area contributed by atoms with Gasteiger partial charge in [0.15, 0.2) is 11.5 Å². The molecule has 0 saturated carbocycles. The van der Waals surface area contributed by atoms with E-state index in [0.29, 0.717) is 22.8 Å². The van der Waals surface area contributed by atoms with Crippen LogP contribution in [0.3, 0.4) is 0 Å². The summed E-state index contributed by atoms with van der Waals surface area (Å²) in [5, 5.41) is 0. The van der Waals surface area contributed by atoms with Crippen LogP contribution < -0.4 is 14.2 Å². The fraction of sp³-hybridized carbons (Fsp3) is 0.167. The monoisotopic (exact) mass is 389 g/mol. The summed E-state index contributed by atoms with van der Waals surface area (Å²) in [4.78, 5) is 16.7. The predicted octanol–water partition coefficient (Wildman–Crippen LogP) is 5.27. The number of hydrogen-bond donors (Lipinski definition) is 0. The summed E-state index contributed by atoms with van der Waals surface area (Å²) < 4.78 is 16.5. The summed E-state index contributed by atoms with van der Waals surface area (Å²) >= 11 is 0. The van der Waals surface area contributed by atoms with E-state index in [2.05, 4.69) is 4.98 Å². The molecular weight excluding hydrogens is 366 g/mol. The Hall–Kier alpha value is -3.60. The minimum atomic E-state index is -0.462. The van der Waals surface area contributed by atoms with Crippen molar-refractivity contribution in [3.8, 4) is 17.2 Å². The maximum Gasteiger partial charge on any atom is 0.343 e. The van der Waals surface area contributed by atoms with Crippen molar-refractivity contribution >= 4 is 18.1 Å². The van der Waals surface area contributed by atoms with Crippen LogP contribution in [0.25, 0.3) is 12.2 Å². The molecule has 5 heteroatoms. The molecule has 0 fully saturated rings. The number of rotatable bonds is 7. The Bertz CT molecular complexity index is 980. The summed E-state index contributed by atoms with van der Waals surface area (Å²) in [6, 6.07) is 17.9. The first kappa shape index (κ1) is 20.1. The fourth-order valence-electron chi connectivity index (χ4n) is 2.63. The molecule has 0 amide bonds. The quantitative estimate of drug-likeness (QED) is 0.407. The molecule has 1 aromatic heterocycles. The van der Waals surface area contributed by atoms with Crippen LogP contribution in [0.2, 0.25) is 0 Å². The molecule has 0 aliphatic carbocycles. The topological polar surface area (TPSA) is 57.7 Å². The molecule has 0 atom stereocenters. The molecule has 0 aliphatic heterocycles. The van der Waals surface area contributed by atoms with Crippen LogP contribution in [0.5, 0.6) is 17.2 Å². The number of nitrogens with zero attached hydrogens (tertiary/aromatic N) is 1. The number of aromatic nitrogens is 1. The van der Waals surface area contributed by atoms with Gasteiger partial charge in [0.05, 0.1) is 24.5 Å². The number of esters is 1. The zero-order chi connectivity index (χ0) is 20.6. The molecule has 2 aromatic carbocycles. The van der Waals surface area contributed by atoms with E-state index >= 15 is 0 Å². The molecule has 0 saturated heterocycles. The van der Waals surface area contributed by atoms with Crippen molar-refractivity contribution in [2.45, 2.75) is 20.0 Å². The summed E-state index contributed by atoms with van der Waals surface area (Å²) in [6.07, 6.45) is 5.64. The van der Waals surface area contributed by atoms with Gasteiger partial charge in [-0.2, -0.15) is 0 Å². The average molecular weight is 389 g/mol. The van der Waals surface area contributed by atoms with Gasteiger partial charge in [0.1, 0.15) is 5.75 Å². The number of pyridine rings is 1. The molecule has 5 nitrogen and oxygen atoms in total. The lowest BCUT2D eigenvalue weighted by Gasteiger charge is -2.11. The number of ether oxygens (including phenoxy) is 3. The Balaban J connectivity index is 1.71. The number of methoxy groups -OCH3 is 1. The zero-order valence-electron chi connectivity index (χ0n) is 16.7. The van der Waals surface area contributed by atoms with E-state index in [-0.39, 0.29) is 6.10 Å². The van der Waals surface area contributed by atoms with Crippen molar-refractivity contribution < 1.29 is 19.0 Å². The van der Waals surface area contributed by atoms with E-state index < -0.39 is 5.97 Å². The average Bonchev–Trinajstić information content (AvgIpc) is 2.73. The molecule has 148 valence electrons. The second-order valence-corrected chi connectivity index (χ2v) is 6.58. The molecule has 0 aliphatic rings. The zero-order valence-corrected chi connectivity index (χ0v) is 16.7. The van der Waals surface area contributed by atoms with E-state index in [1.165, 1.54) is 7.11 Å². The summed E-state index contributed by atoms with van der Waals surface area (Å²) in [7, 11) is 1.54. The maximum atomic E-state index is 12.5. The lowest BCUT2D eigenvalue weighted by Crippen LogP contribution is -2.10. The van der Waals surface area contributed by atoms with Crippen LogP contribution in [-0.4, -0.2) is 24.2 Å². The summed E-state index contributed by atoms with van der Waals surface area (Å²) in [6.45, 7) is 3.90. The molecule has 0 N–H and O–H groups in total. The molecule has 1 heterocycles. The molecule has 0 radical (unpaired) electrons. The number of hydrogen-bond acceptors (Lipinski definition) is 5. The number of carbonyl (C=O) groups excluding carboxylic acids is 1. The Morgan fingerprint density at radius 2 is 1.76 bits per heavy atom. The van der Waals surface area contributed by atoms with Crippen LogP contribution in [0.1, 0.15) is 35.5 Å². The second kappa shape index (κ2) is 9.55. The van der Waals surface area contributed by atoms with Crippen molar-refractivity contribution in [2.75, 3.05) is 7.11 Å². The lowest BCUT2D eigenvalue weighted by molar-refractivity contribution is 0.0729. The van der Waals surface area contributed by atoms with Crippen LogP contribution >= 0.6 is 0 Å². The van der Waals surface area contributed by atoms with E-state index in [4.69, 9.17) is 14.2 Å². The largest absolute Gasteiger partial charge is 0.493 e. The molecule has 29 heavy (non-hydrogen) atoms. The van der Waals surface area contributed by atoms with E-state index in [1.807, 2.05) is 56.3 Å². The Morgan fingerprint density at radius 1 is 0.966 bits per heavy atom. The van der Waals surface area contributed by atoms with Crippen molar-refractivity contribution in [1.82, 2.24) is 4.98 Å². The summed E-state index contributed by atoms with van der Waals surface area (Å²) in [5.41, 5.74) is 2.19. The SMILES string of the molecule is COc1cc(/C=C/c2ccccn2)ccc1OC(=O)c1ccc(OC(C)C)cc1. The first-order valence-electron chi connectivity index (χ1n) is 9.31. The first-order chi connectivity index (χ1) is 14.0. The Kier molecular flexibility index (Phi) is 6.63. The molecule has 0 spiro atoms. The van der Waals surface area contributed by atoms with Gasteiger partial charge >= 0.3 is 5.97 Å². The fourth-order valence-corrected chi connectivity index (χ4v) is 2.63. The number of benzene rings is 2. The van der Waals surface area contributed by atoms with Gasteiger partial charge in [0.25, 0.3) is 0 Å². The van der Waals surface area contributed by atoms with Gasteiger partial charge in [0.2, 0.25) is 0 Å².